The van der Waals surface area contributed by atoms with E-state index >= 15 is 0 Å². The van der Waals surface area contributed by atoms with Crippen molar-refractivity contribution in [3.63, 3.8) is 0 Å². The highest BCUT2D eigenvalue weighted by Gasteiger charge is 2.31. The second-order valence-corrected chi connectivity index (χ2v) is 5.70. The van der Waals surface area contributed by atoms with Crippen molar-refractivity contribution in [3.8, 4) is 0 Å². The molecule has 2 atom stereocenters. The van der Waals surface area contributed by atoms with Crippen molar-refractivity contribution >= 4 is 23.5 Å². The quantitative estimate of drug-likeness (QED) is 0.897. The number of carboxylic acids is 1. The van der Waals surface area contributed by atoms with Gasteiger partial charge in [-0.2, -0.15) is 0 Å². The van der Waals surface area contributed by atoms with Gasteiger partial charge in [-0.05, 0) is 30.9 Å². The van der Waals surface area contributed by atoms with Crippen molar-refractivity contribution in [2.75, 3.05) is 6.54 Å². The Kier molecular flexibility index (Phi) is 5.17. The summed E-state index contributed by atoms with van der Waals surface area (Å²) in [6.45, 7) is 0.223. The summed E-state index contributed by atoms with van der Waals surface area (Å²) in [5.74, 6) is -2.69. The van der Waals surface area contributed by atoms with Crippen LogP contribution in [-0.2, 0) is 4.79 Å². The van der Waals surface area contributed by atoms with Gasteiger partial charge in [-0.1, -0.05) is 30.5 Å². The third kappa shape index (κ3) is 3.73. The van der Waals surface area contributed by atoms with Crippen LogP contribution in [-0.4, -0.2) is 23.5 Å². The standard InChI is InChI=1S/C15H17ClFNO3/c16-11-6-3-7-12(17)13(11)14(19)18-8-9-4-1-2-5-10(9)15(20)21/h3,6-7,9-10H,1-2,4-5,8H2,(H,18,19)(H,20,21). The van der Waals surface area contributed by atoms with Gasteiger partial charge in [-0.25, -0.2) is 4.39 Å². The lowest BCUT2D eigenvalue weighted by atomic mass is 9.79. The van der Waals surface area contributed by atoms with Gasteiger partial charge in [-0.15, -0.1) is 0 Å². The minimum atomic E-state index is -0.835. The van der Waals surface area contributed by atoms with Crippen LogP contribution >= 0.6 is 11.6 Å². The molecule has 1 aromatic rings. The van der Waals surface area contributed by atoms with Gasteiger partial charge in [0, 0.05) is 6.54 Å². The number of carbonyl (C=O) groups excluding carboxylic acids is 1. The Morgan fingerprint density at radius 1 is 1.33 bits per heavy atom. The lowest BCUT2D eigenvalue weighted by Crippen LogP contribution is -2.37. The smallest absolute Gasteiger partial charge is 0.306 e. The van der Waals surface area contributed by atoms with E-state index < -0.39 is 23.6 Å². The molecule has 2 rings (SSSR count). The minimum absolute atomic E-state index is 0.0472. The first-order valence-electron chi connectivity index (χ1n) is 6.95. The number of halogens is 2. The van der Waals surface area contributed by atoms with Crippen molar-refractivity contribution < 1.29 is 19.1 Å². The van der Waals surface area contributed by atoms with E-state index in [-0.39, 0.29) is 23.0 Å². The largest absolute Gasteiger partial charge is 0.481 e. The Labute approximate surface area is 127 Å². The Morgan fingerprint density at radius 2 is 2.05 bits per heavy atom. The summed E-state index contributed by atoms with van der Waals surface area (Å²) in [7, 11) is 0. The Bertz CT molecular complexity index is 529. The van der Waals surface area contributed by atoms with E-state index in [1.54, 1.807) is 0 Å². The van der Waals surface area contributed by atoms with Gasteiger partial charge >= 0.3 is 5.97 Å². The SMILES string of the molecule is O=C(NCC1CCCCC1C(=O)O)c1c(F)cccc1Cl. The number of carboxylic acid groups (broad SMARTS) is 1. The summed E-state index contributed by atoms with van der Waals surface area (Å²) >= 11 is 5.83. The molecule has 1 amide bonds. The zero-order chi connectivity index (χ0) is 15.4. The lowest BCUT2D eigenvalue weighted by Gasteiger charge is -2.28. The molecule has 1 aliphatic carbocycles. The molecule has 6 heteroatoms. The number of amides is 1. The third-order valence-corrected chi connectivity index (χ3v) is 4.26. The summed E-state index contributed by atoms with van der Waals surface area (Å²) in [5.41, 5.74) is -0.193. The summed E-state index contributed by atoms with van der Waals surface area (Å²) in [6.07, 6.45) is 3.21. The highest BCUT2D eigenvalue weighted by atomic mass is 35.5. The summed E-state index contributed by atoms with van der Waals surface area (Å²) in [4.78, 5) is 23.2. The fourth-order valence-corrected chi connectivity index (χ4v) is 3.05. The highest BCUT2D eigenvalue weighted by Crippen LogP contribution is 2.30. The molecule has 0 bridgehead atoms. The van der Waals surface area contributed by atoms with Crippen molar-refractivity contribution in [3.05, 3.63) is 34.6 Å². The first-order chi connectivity index (χ1) is 10.0. The Morgan fingerprint density at radius 3 is 2.71 bits per heavy atom. The predicted octanol–water partition coefficient (Wildman–Crippen LogP) is 3.10. The predicted molar refractivity (Wildman–Crippen MR) is 76.8 cm³/mol. The van der Waals surface area contributed by atoms with E-state index in [0.717, 1.165) is 19.3 Å². The minimum Gasteiger partial charge on any atom is -0.481 e. The van der Waals surface area contributed by atoms with Gasteiger partial charge in [0.15, 0.2) is 0 Å². The van der Waals surface area contributed by atoms with Crippen molar-refractivity contribution in [1.82, 2.24) is 5.32 Å². The molecule has 0 saturated heterocycles. The molecule has 1 saturated carbocycles. The Hall–Kier alpha value is -1.62. The highest BCUT2D eigenvalue weighted by molar-refractivity contribution is 6.33. The molecule has 1 fully saturated rings. The summed E-state index contributed by atoms with van der Waals surface area (Å²) in [6, 6.07) is 4.04. The molecule has 4 nitrogen and oxygen atoms in total. The van der Waals surface area contributed by atoms with Crippen LogP contribution in [0.15, 0.2) is 18.2 Å². The van der Waals surface area contributed by atoms with Crippen LogP contribution in [0.1, 0.15) is 36.0 Å². The van der Waals surface area contributed by atoms with Crippen molar-refractivity contribution in [2.45, 2.75) is 25.7 Å². The number of aliphatic carboxylic acids is 1. The zero-order valence-electron chi connectivity index (χ0n) is 11.4. The van der Waals surface area contributed by atoms with Crippen LogP contribution in [0.2, 0.25) is 5.02 Å². The summed E-state index contributed by atoms with van der Waals surface area (Å²) < 4.78 is 13.6. The third-order valence-electron chi connectivity index (χ3n) is 3.94. The molecule has 0 aliphatic heterocycles. The van der Waals surface area contributed by atoms with Crippen LogP contribution in [0, 0.1) is 17.7 Å². The van der Waals surface area contributed by atoms with E-state index in [0.29, 0.717) is 6.42 Å². The molecule has 21 heavy (non-hydrogen) atoms. The van der Waals surface area contributed by atoms with Crippen LogP contribution in [0.5, 0.6) is 0 Å². The van der Waals surface area contributed by atoms with E-state index in [4.69, 9.17) is 11.6 Å². The van der Waals surface area contributed by atoms with Gasteiger partial charge in [0.05, 0.1) is 16.5 Å². The second-order valence-electron chi connectivity index (χ2n) is 5.30. The molecule has 0 aromatic heterocycles. The summed E-state index contributed by atoms with van der Waals surface area (Å²) in [5, 5.41) is 11.8. The number of rotatable bonds is 4. The van der Waals surface area contributed by atoms with Crippen LogP contribution in [0.4, 0.5) is 4.39 Å². The molecular weight excluding hydrogens is 297 g/mol. The van der Waals surface area contributed by atoms with Gasteiger partial charge in [-0.3, -0.25) is 9.59 Å². The van der Waals surface area contributed by atoms with E-state index in [9.17, 15) is 19.1 Å². The number of carbonyl (C=O) groups is 2. The fourth-order valence-electron chi connectivity index (χ4n) is 2.80. The molecule has 0 spiro atoms. The molecule has 0 heterocycles. The monoisotopic (exact) mass is 313 g/mol. The van der Waals surface area contributed by atoms with Crippen LogP contribution < -0.4 is 5.32 Å². The van der Waals surface area contributed by atoms with E-state index in [1.807, 2.05) is 0 Å². The maximum atomic E-state index is 13.6. The van der Waals surface area contributed by atoms with Gasteiger partial charge < -0.3 is 10.4 Å². The van der Waals surface area contributed by atoms with Gasteiger partial charge in [0.25, 0.3) is 5.91 Å². The molecule has 2 N–H and O–H groups in total. The lowest BCUT2D eigenvalue weighted by molar-refractivity contribution is -0.144. The number of nitrogens with one attached hydrogen (secondary N) is 1. The van der Waals surface area contributed by atoms with Crippen LogP contribution in [0.25, 0.3) is 0 Å². The molecule has 1 aliphatic rings. The molecular formula is C15H17ClFNO3. The first-order valence-corrected chi connectivity index (χ1v) is 7.33. The number of hydrogen-bond donors (Lipinski definition) is 2. The van der Waals surface area contributed by atoms with Crippen molar-refractivity contribution in [1.29, 1.82) is 0 Å². The maximum absolute atomic E-state index is 13.6. The maximum Gasteiger partial charge on any atom is 0.306 e. The van der Waals surface area contributed by atoms with Gasteiger partial charge in [0.2, 0.25) is 0 Å². The van der Waals surface area contributed by atoms with Crippen molar-refractivity contribution in [2.24, 2.45) is 11.8 Å². The van der Waals surface area contributed by atoms with Crippen LogP contribution in [0.3, 0.4) is 0 Å². The fraction of sp³-hybridized carbons (Fsp3) is 0.467. The van der Waals surface area contributed by atoms with Gasteiger partial charge in [0.1, 0.15) is 5.82 Å². The Balaban J connectivity index is 2.02. The molecule has 0 radical (unpaired) electrons. The molecule has 1 aromatic carbocycles. The number of hydrogen-bond acceptors (Lipinski definition) is 2. The molecule has 2 unspecified atom stereocenters. The van der Waals surface area contributed by atoms with E-state index in [2.05, 4.69) is 5.32 Å². The molecule has 114 valence electrons. The average Bonchev–Trinajstić information content (AvgIpc) is 2.45. The topological polar surface area (TPSA) is 66.4 Å². The first kappa shape index (κ1) is 15.8. The number of benzene rings is 1. The second kappa shape index (κ2) is 6.89. The van der Waals surface area contributed by atoms with E-state index in [1.165, 1.54) is 18.2 Å². The average molecular weight is 314 g/mol. The normalized spacial score (nSPS) is 21.8. The zero-order valence-corrected chi connectivity index (χ0v) is 12.2.